The molecule has 0 saturated heterocycles. The molecule has 0 amide bonds. The molecule has 0 aliphatic carbocycles. The van der Waals surface area contributed by atoms with Crippen LogP contribution in [-0.4, -0.2) is 11.1 Å². The molecule has 0 saturated carbocycles. The van der Waals surface area contributed by atoms with Crippen LogP contribution in [0.4, 0.5) is 0 Å². The van der Waals surface area contributed by atoms with E-state index in [4.69, 9.17) is 0 Å². The van der Waals surface area contributed by atoms with Crippen molar-refractivity contribution < 1.29 is 0 Å². The van der Waals surface area contributed by atoms with Crippen molar-refractivity contribution in [2.75, 3.05) is 6.54 Å². The predicted octanol–water partition coefficient (Wildman–Crippen LogP) is 3.43. The lowest BCUT2D eigenvalue weighted by Gasteiger charge is -2.20. The van der Waals surface area contributed by atoms with Gasteiger partial charge in [0.15, 0.2) is 0 Å². The maximum Gasteiger partial charge on any atom is 0.0518 e. The van der Waals surface area contributed by atoms with Gasteiger partial charge in [0, 0.05) is 30.7 Å². The maximum atomic E-state index is 3.51. The van der Waals surface area contributed by atoms with Crippen molar-refractivity contribution in [3.63, 3.8) is 0 Å². The van der Waals surface area contributed by atoms with E-state index in [1.807, 2.05) is 0 Å². The molecule has 96 valence electrons. The number of hydrogen-bond acceptors (Lipinski definition) is 1. The van der Waals surface area contributed by atoms with Gasteiger partial charge in [-0.3, -0.25) is 0 Å². The van der Waals surface area contributed by atoms with E-state index in [2.05, 4.69) is 48.9 Å². The van der Waals surface area contributed by atoms with Gasteiger partial charge in [-0.25, -0.2) is 0 Å². The summed E-state index contributed by atoms with van der Waals surface area (Å²) < 4.78 is 2.56. The molecule has 0 radical (unpaired) electrons. The summed E-state index contributed by atoms with van der Waals surface area (Å²) in [5.41, 5.74) is 6.03. The van der Waals surface area contributed by atoms with Crippen LogP contribution >= 0.6 is 0 Å². The van der Waals surface area contributed by atoms with Crippen LogP contribution in [-0.2, 0) is 19.5 Å². The van der Waals surface area contributed by atoms with E-state index in [0.29, 0.717) is 5.92 Å². The third-order valence-corrected chi connectivity index (χ3v) is 4.08. The third-order valence-electron chi connectivity index (χ3n) is 4.08. The molecule has 1 aromatic heterocycles. The molecule has 1 aliphatic heterocycles. The van der Waals surface area contributed by atoms with E-state index < -0.39 is 0 Å². The zero-order chi connectivity index (χ0) is 12.7. The lowest BCUT2D eigenvalue weighted by Crippen LogP contribution is -2.28. The fraction of sp³-hybridized carbons (Fsp3) is 0.500. The van der Waals surface area contributed by atoms with Crippen LogP contribution in [0, 0.1) is 0 Å². The number of hydrogen-bond donors (Lipinski definition) is 1. The number of nitrogens with zero attached hydrogens (tertiary/aromatic N) is 1. The summed E-state index contributed by atoms with van der Waals surface area (Å²) >= 11 is 0. The number of nitrogens with one attached hydrogen (secondary N) is 1. The molecule has 1 N–H and O–H groups in total. The Labute approximate surface area is 109 Å². The van der Waals surface area contributed by atoms with Gasteiger partial charge in [0.25, 0.3) is 0 Å². The summed E-state index contributed by atoms with van der Waals surface area (Å²) in [7, 11) is 0. The van der Waals surface area contributed by atoms with Gasteiger partial charge in [-0.15, -0.1) is 0 Å². The van der Waals surface area contributed by atoms with E-state index in [9.17, 15) is 0 Å². The summed E-state index contributed by atoms with van der Waals surface area (Å²) in [6, 6.07) is 6.80. The Morgan fingerprint density at radius 3 is 2.89 bits per heavy atom. The lowest BCUT2D eigenvalue weighted by atomic mass is 9.98. The van der Waals surface area contributed by atoms with Crippen LogP contribution in [0.3, 0.4) is 0 Å². The second-order valence-corrected chi connectivity index (χ2v) is 5.51. The minimum Gasteiger partial charge on any atom is -0.342 e. The molecular weight excluding hydrogens is 220 g/mol. The largest absolute Gasteiger partial charge is 0.342 e. The molecule has 0 fully saturated rings. The van der Waals surface area contributed by atoms with Gasteiger partial charge in [0.05, 0.1) is 5.52 Å². The van der Waals surface area contributed by atoms with Crippen LogP contribution in [0.1, 0.15) is 43.5 Å². The van der Waals surface area contributed by atoms with Gasteiger partial charge < -0.3 is 9.88 Å². The van der Waals surface area contributed by atoms with Crippen LogP contribution in [0.5, 0.6) is 0 Å². The SMILES string of the molecule is CCc1cccc2c(C(C)C)c3n(c12)CCNC3. The first-order chi connectivity index (χ1) is 8.74. The van der Waals surface area contributed by atoms with E-state index >= 15 is 0 Å². The van der Waals surface area contributed by atoms with Crippen LogP contribution in [0.15, 0.2) is 18.2 Å². The Morgan fingerprint density at radius 1 is 1.33 bits per heavy atom. The van der Waals surface area contributed by atoms with Crippen molar-refractivity contribution in [1.29, 1.82) is 0 Å². The Balaban J connectivity index is 2.39. The second kappa shape index (κ2) is 4.43. The Bertz CT molecular complexity index is 578. The first-order valence-corrected chi connectivity index (χ1v) is 7.07. The Hall–Kier alpha value is -1.28. The molecular formula is C16H22N2. The fourth-order valence-electron chi connectivity index (χ4n) is 3.33. The molecule has 1 aromatic carbocycles. The quantitative estimate of drug-likeness (QED) is 0.853. The Morgan fingerprint density at radius 2 is 2.17 bits per heavy atom. The van der Waals surface area contributed by atoms with E-state index in [1.54, 1.807) is 5.56 Å². The van der Waals surface area contributed by atoms with E-state index in [0.717, 1.165) is 26.1 Å². The van der Waals surface area contributed by atoms with Crippen molar-refractivity contribution in [3.8, 4) is 0 Å². The Kier molecular flexibility index (Phi) is 2.90. The number of para-hydroxylation sites is 1. The summed E-state index contributed by atoms with van der Waals surface area (Å²) in [5.74, 6) is 0.593. The summed E-state index contributed by atoms with van der Waals surface area (Å²) in [6.45, 7) is 10.1. The molecule has 2 nitrogen and oxygen atoms in total. The van der Waals surface area contributed by atoms with Crippen molar-refractivity contribution in [2.45, 2.75) is 46.2 Å². The molecule has 1 aliphatic rings. The monoisotopic (exact) mass is 242 g/mol. The average Bonchev–Trinajstić information content (AvgIpc) is 2.73. The maximum absolute atomic E-state index is 3.51. The van der Waals surface area contributed by atoms with Crippen LogP contribution in [0.25, 0.3) is 10.9 Å². The second-order valence-electron chi connectivity index (χ2n) is 5.51. The van der Waals surface area contributed by atoms with Crippen LogP contribution < -0.4 is 5.32 Å². The highest BCUT2D eigenvalue weighted by Gasteiger charge is 2.22. The third kappa shape index (κ3) is 1.59. The molecule has 3 rings (SSSR count). The van der Waals surface area contributed by atoms with Gasteiger partial charge in [0.2, 0.25) is 0 Å². The first-order valence-electron chi connectivity index (χ1n) is 7.07. The normalized spacial score (nSPS) is 15.3. The van der Waals surface area contributed by atoms with E-state index in [1.165, 1.54) is 22.2 Å². The number of aryl methyl sites for hydroxylation is 1. The first kappa shape index (κ1) is 11.8. The molecule has 2 heterocycles. The minimum absolute atomic E-state index is 0.593. The molecule has 0 atom stereocenters. The standard InChI is InChI=1S/C16H22N2/c1-4-12-6-5-7-13-15(11(2)3)14-10-17-8-9-18(14)16(12)13/h5-7,11,17H,4,8-10H2,1-3H3. The number of rotatable bonds is 2. The predicted molar refractivity (Wildman–Crippen MR) is 77.1 cm³/mol. The number of benzene rings is 1. The highest BCUT2D eigenvalue weighted by Crippen LogP contribution is 2.34. The smallest absolute Gasteiger partial charge is 0.0518 e. The summed E-state index contributed by atoms with van der Waals surface area (Å²) in [4.78, 5) is 0. The van der Waals surface area contributed by atoms with Crippen molar-refractivity contribution in [3.05, 3.63) is 35.0 Å². The van der Waals surface area contributed by atoms with Gasteiger partial charge in [-0.2, -0.15) is 0 Å². The topological polar surface area (TPSA) is 17.0 Å². The zero-order valence-corrected chi connectivity index (χ0v) is 11.6. The van der Waals surface area contributed by atoms with Crippen molar-refractivity contribution in [2.24, 2.45) is 0 Å². The molecule has 2 heteroatoms. The molecule has 0 spiro atoms. The van der Waals surface area contributed by atoms with Gasteiger partial charge in [-0.05, 0) is 23.5 Å². The van der Waals surface area contributed by atoms with Crippen molar-refractivity contribution >= 4 is 10.9 Å². The van der Waals surface area contributed by atoms with Crippen LogP contribution in [0.2, 0.25) is 0 Å². The average molecular weight is 242 g/mol. The van der Waals surface area contributed by atoms with Gasteiger partial charge >= 0.3 is 0 Å². The molecule has 18 heavy (non-hydrogen) atoms. The fourth-order valence-corrected chi connectivity index (χ4v) is 3.33. The minimum atomic E-state index is 0.593. The number of fused-ring (bicyclic) bond motifs is 3. The summed E-state index contributed by atoms with van der Waals surface area (Å²) in [5, 5.41) is 4.99. The van der Waals surface area contributed by atoms with Gasteiger partial charge in [0.1, 0.15) is 0 Å². The number of aromatic nitrogens is 1. The lowest BCUT2D eigenvalue weighted by molar-refractivity contribution is 0.519. The highest BCUT2D eigenvalue weighted by atomic mass is 15.1. The molecule has 0 bridgehead atoms. The van der Waals surface area contributed by atoms with Gasteiger partial charge in [-0.1, -0.05) is 39.0 Å². The summed E-state index contributed by atoms with van der Waals surface area (Å²) in [6.07, 6.45) is 1.12. The van der Waals surface area contributed by atoms with Crippen molar-refractivity contribution in [1.82, 2.24) is 9.88 Å². The molecule has 2 aromatic rings. The molecule has 0 unspecified atom stereocenters. The highest BCUT2D eigenvalue weighted by molar-refractivity contribution is 5.89. The van der Waals surface area contributed by atoms with E-state index in [-0.39, 0.29) is 0 Å². The zero-order valence-electron chi connectivity index (χ0n) is 11.6.